The van der Waals surface area contributed by atoms with Gasteiger partial charge in [0.1, 0.15) is 0 Å². The highest BCUT2D eigenvalue weighted by Gasteiger charge is 2.22. The molecule has 0 spiro atoms. The van der Waals surface area contributed by atoms with E-state index in [0.717, 1.165) is 11.5 Å². The van der Waals surface area contributed by atoms with Gasteiger partial charge < -0.3 is 5.11 Å². The third-order valence-corrected chi connectivity index (χ3v) is 5.23. The second kappa shape index (κ2) is 7.11. The second-order valence-corrected chi connectivity index (χ2v) is 7.26. The molecule has 0 rings (SSSR count). The first kappa shape index (κ1) is 14.8. The first-order chi connectivity index (χ1) is 6.90. The van der Waals surface area contributed by atoms with Crippen molar-refractivity contribution in [3.63, 3.8) is 0 Å². The minimum absolute atomic E-state index is 0.0917. The zero-order valence-electron chi connectivity index (χ0n) is 9.10. The predicted octanol–water partition coefficient (Wildman–Crippen LogP) is 1.41. The third kappa shape index (κ3) is 6.78. The Morgan fingerprint density at radius 3 is 2.53 bits per heavy atom. The number of carboxylic acid groups (broad SMARTS) is 1. The molecule has 0 aliphatic carbocycles. The van der Waals surface area contributed by atoms with Gasteiger partial charge in [-0.05, 0) is 24.9 Å². The molecule has 0 aromatic heterocycles. The maximum atomic E-state index is 11.6. The Kier molecular flexibility index (Phi) is 7.00. The molecule has 0 radical (unpaired) electrons. The van der Waals surface area contributed by atoms with Gasteiger partial charge in [0, 0.05) is 0 Å². The standard InChI is InChI=1S/C9H18O4S2/c1-3-14-5-4-6-15(12,13)8(2)7-9(10)11/h8H,3-7H2,1-2H3,(H,10,11). The maximum absolute atomic E-state index is 11.6. The fraction of sp³-hybridized carbons (Fsp3) is 0.889. The van der Waals surface area contributed by atoms with Crippen LogP contribution in [0.4, 0.5) is 0 Å². The van der Waals surface area contributed by atoms with E-state index in [0.29, 0.717) is 6.42 Å². The maximum Gasteiger partial charge on any atom is 0.304 e. The summed E-state index contributed by atoms with van der Waals surface area (Å²) in [7, 11) is -3.23. The molecule has 6 heteroatoms. The van der Waals surface area contributed by atoms with Crippen molar-refractivity contribution >= 4 is 27.6 Å². The molecule has 0 heterocycles. The van der Waals surface area contributed by atoms with E-state index in [1.165, 1.54) is 6.92 Å². The number of rotatable bonds is 8. The van der Waals surface area contributed by atoms with Crippen LogP contribution in [0, 0.1) is 0 Å². The summed E-state index contributed by atoms with van der Waals surface area (Å²) in [5, 5.41) is 7.71. The van der Waals surface area contributed by atoms with Gasteiger partial charge in [0.15, 0.2) is 9.84 Å². The van der Waals surface area contributed by atoms with Gasteiger partial charge in [-0.25, -0.2) is 8.42 Å². The fourth-order valence-electron chi connectivity index (χ4n) is 1.08. The topological polar surface area (TPSA) is 71.4 Å². The van der Waals surface area contributed by atoms with Crippen molar-refractivity contribution < 1.29 is 18.3 Å². The summed E-state index contributed by atoms with van der Waals surface area (Å²) in [4.78, 5) is 10.4. The molecular formula is C9H18O4S2. The van der Waals surface area contributed by atoms with Crippen molar-refractivity contribution in [3.05, 3.63) is 0 Å². The second-order valence-electron chi connectivity index (χ2n) is 3.33. The molecule has 0 bridgehead atoms. The van der Waals surface area contributed by atoms with Gasteiger partial charge in [0.2, 0.25) is 0 Å². The highest BCUT2D eigenvalue weighted by Crippen LogP contribution is 2.10. The molecule has 0 saturated heterocycles. The Bertz CT molecular complexity index is 284. The van der Waals surface area contributed by atoms with Crippen molar-refractivity contribution in [3.8, 4) is 0 Å². The first-order valence-electron chi connectivity index (χ1n) is 4.91. The molecule has 0 saturated carbocycles. The molecule has 1 N–H and O–H groups in total. The van der Waals surface area contributed by atoms with E-state index in [1.54, 1.807) is 11.8 Å². The van der Waals surface area contributed by atoms with Gasteiger partial charge in [0.25, 0.3) is 0 Å². The van der Waals surface area contributed by atoms with Crippen LogP contribution in [0.5, 0.6) is 0 Å². The van der Waals surface area contributed by atoms with Crippen LogP contribution in [0.3, 0.4) is 0 Å². The lowest BCUT2D eigenvalue weighted by Crippen LogP contribution is -2.24. The van der Waals surface area contributed by atoms with Gasteiger partial charge in [0.05, 0.1) is 17.4 Å². The molecule has 0 fully saturated rings. The predicted molar refractivity (Wildman–Crippen MR) is 63.1 cm³/mol. The monoisotopic (exact) mass is 254 g/mol. The summed E-state index contributed by atoms with van der Waals surface area (Å²) >= 11 is 1.69. The number of sulfone groups is 1. The summed E-state index contributed by atoms with van der Waals surface area (Å²) in [6, 6.07) is 0. The fourth-order valence-corrected chi connectivity index (χ4v) is 3.25. The minimum Gasteiger partial charge on any atom is -0.481 e. The number of thioether (sulfide) groups is 1. The van der Waals surface area contributed by atoms with Crippen molar-refractivity contribution in [1.82, 2.24) is 0 Å². The highest BCUT2D eigenvalue weighted by atomic mass is 32.2. The molecule has 15 heavy (non-hydrogen) atoms. The van der Waals surface area contributed by atoms with Gasteiger partial charge in [-0.1, -0.05) is 6.92 Å². The molecular weight excluding hydrogens is 236 g/mol. The van der Waals surface area contributed by atoms with Crippen LogP contribution in [-0.4, -0.2) is 42.0 Å². The number of carboxylic acids is 1. The van der Waals surface area contributed by atoms with Crippen molar-refractivity contribution in [2.45, 2.75) is 31.9 Å². The molecule has 0 aliphatic rings. The van der Waals surface area contributed by atoms with E-state index in [-0.39, 0.29) is 12.2 Å². The Balaban J connectivity index is 4.00. The van der Waals surface area contributed by atoms with E-state index in [4.69, 9.17) is 5.11 Å². The average Bonchev–Trinajstić information content (AvgIpc) is 2.11. The van der Waals surface area contributed by atoms with Crippen molar-refractivity contribution in [2.24, 2.45) is 0 Å². The quantitative estimate of drug-likeness (QED) is 0.663. The van der Waals surface area contributed by atoms with Crippen LogP contribution in [0.25, 0.3) is 0 Å². The summed E-state index contributed by atoms with van der Waals surface area (Å²) in [5.41, 5.74) is 0. The van der Waals surface area contributed by atoms with Crippen molar-refractivity contribution in [2.75, 3.05) is 17.3 Å². The van der Waals surface area contributed by atoms with Crippen LogP contribution < -0.4 is 0 Å². The highest BCUT2D eigenvalue weighted by molar-refractivity contribution is 7.99. The van der Waals surface area contributed by atoms with Gasteiger partial charge >= 0.3 is 5.97 Å². The van der Waals surface area contributed by atoms with E-state index < -0.39 is 21.1 Å². The summed E-state index contributed by atoms with van der Waals surface area (Å²) in [6.45, 7) is 3.47. The Labute approximate surface area is 95.4 Å². The van der Waals surface area contributed by atoms with E-state index in [1.807, 2.05) is 6.92 Å². The van der Waals surface area contributed by atoms with E-state index >= 15 is 0 Å². The lowest BCUT2D eigenvalue weighted by Gasteiger charge is -2.09. The zero-order valence-corrected chi connectivity index (χ0v) is 10.7. The van der Waals surface area contributed by atoms with Crippen LogP contribution in [0.2, 0.25) is 0 Å². The summed E-state index contributed by atoms with van der Waals surface area (Å²) < 4.78 is 23.1. The Morgan fingerprint density at radius 2 is 2.07 bits per heavy atom. The smallest absolute Gasteiger partial charge is 0.304 e. The number of aliphatic carboxylic acids is 1. The van der Waals surface area contributed by atoms with Gasteiger partial charge in [-0.3, -0.25) is 4.79 Å². The van der Waals surface area contributed by atoms with Crippen molar-refractivity contribution in [1.29, 1.82) is 0 Å². The minimum atomic E-state index is -3.23. The molecule has 1 unspecified atom stereocenters. The molecule has 4 nitrogen and oxygen atoms in total. The zero-order chi connectivity index (χ0) is 11.9. The van der Waals surface area contributed by atoms with E-state index in [2.05, 4.69) is 0 Å². The number of hydrogen-bond donors (Lipinski definition) is 1. The van der Waals surface area contributed by atoms with Crippen LogP contribution in [-0.2, 0) is 14.6 Å². The molecule has 0 aliphatic heterocycles. The number of carbonyl (C=O) groups is 1. The van der Waals surface area contributed by atoms with E-state index in [9.17, 15) is 13.2 Å². The molecule has 1 atom stereocenters. The third-order valence-electron chi connectivity index (χ3n) is 2.00. The summed E-state index contributed by atoms with van der Waals surface area (Å²) in [6.07, 6.45) is 0.300. The normalized spacial score (nSPS) is 13.7. The Morgan fingerprint density at radius 1 is 1.47 bits per heavy atom. The van der Waals surface area contributed by atoms with Crippen LogP contribution in [0.1, 0.15) is 26.7 Å². The lowest BCUT2D eigenvalue weighted by atomic mass is 10.3. The molecule has 0 amide bonds. The van der Waals surface area contributed by atoms with Crippen LogP contribution >= 0.6 is 11.8 Å². The molecule has 0 aromatic carbocycles. The number of hydrogen-bond acceptors (Lipinski definition) is 4. The summed E-state index contributed by atoms with van der Waals surface area (Å²) in [5.74, 6) is 0.823. The molecule has 0 aromatic rings. The lowest BCUT2D eigenvalue weighted by molar-refractivity contribution is -0.136. The first-order valence-corrected chi connectivity index (χ1v) is 7.78. The average molecular weight is 254 g/mol. The van der Waals surface area contributed by atoms with Crippen LogP contribution in [0.15, 0.2) is 0 Å². The van der Waals surface area contributed by atoms with Gasteiger partial charge in [-0.15, -0.1) is 0 Å². The Hall–Kier alpha value is -0.230. The van der Waals surface area contributed by atoms with Gasteiger partial charge in [-0.2, -0.15) is 11.8 Å². The SMILES string of the molecule is CCSCCCS(=O)(=O)C(C)CC(=O)O. The molecule has 90 valence electrons. The largest absolute Gasteiger partial charge is 0.481 e.